The molecule has 1 aliphatic heterocycles. The Morgan fingerprint density at radius 3 is 1.55 bits per heavy atom. The van der Waals surface area contributed by atoms with Gasteiger partial charge in [0, 0.05) is 22.0 Å². The number of aliphatic imine (C=N–C) groups is 1. The molecule has 0 saturated carbocycles. The highest BCUT2D eigenvalue weighted by molar-refractivity contribution is 6.13. The fraction of sp³-hybridized carbons (Fsp3) is 0.0217. The molecule has 3 nitrogen and oxygen atoms in total. The Morgan fingerprint density at radius 1 is 0.429 bits per heavy atom. The second-order valence-corrected chi connectivity index (χ2v) is 12.4. The maximum Gasteiger partial charge on any atom is 0.146 e. The molecule has 1 atom stereocenters. The first-order valence-electron chi connectivity index (χ1n) is 16.7. The van der Waals surface area contributed by atoms with E-state index in [0.717, 1.165) is 61.2 Å². The summed E-state index contributed by atoms with van der Waals surface area (Å²) in [4.78, 5) is 5.24. The van der Waals surface area contributed by atoms with Crippen molar-refractivity contribution < 1.29 is 4.42 Å². The number of nitrogens with one attached hydrogen (secondary N) is 1. The Balaban J connectivity index is 1.05. The van der Waals surface area contributed by atoms with Crippen LogP contribution in [0.5, 0.6) is 0 Å². The third-order valence-electron chi connectivity index (χ3n) is 9.36. The monoisotopic (exact) mass is 628 g/mol. The molecule has 3 heteroatoms. The van der Waals surface area contributed by atoms with Gasteiger partial charge < -0.3 is 9.73 Å². The van der Waals surface area contributed by atoms with E-state index in [2.05, 4.69) is 169 Å². The summed E-state index contributed by atoms with van der Waals surface area (Å²) in [5.74, 6) is 0. The zero-order chi connectivity index (χ0) is 32.6. The van der Waals surface area contributed by atoms with E-state index in [1.54, 1.807) is 0 Å². The maximum atomic E-state index is 6.52. The van der Waals surface area contributed by atoms with Crippen LogP contribution in [0.3, 0.4) is 0 Å². The van der Waals surface area contributed by atoms with Gasteiger partial charge in [0.25, 0.3) is 0 Å². The number of furan rings is 1. The first kappa shape index (κ1) is 28.7. The number of allylic oxidation sites excluding steroid dienone is 1. The summed E-state index contributed by atoms with van der Waals surface area (Å²) in [5, 5.41) is 5.90. The molecule has 0 amide bonds. The van der Waals surface area contributed by atoms with Crippen LogP contribution in [0.4, 0.5) is 0 Å². The van der Waals surface area contributed by atoms with E-state index in [4.69, 9.17) is 9.41 Å². The Morgan fingerprint density at radius 2 is 0.939 bits per heavy atom. The molecule has 0 saturated heterocycles. The SMILES string of the molecule is C1=C(c2ccccc2)NC(c2cccc3oc4cc(-c5ccc(-c6ccc(-c7ccccc7)cc6)cc5)ccc4c23)N=C1c1ccccc1. The van der Waals surface area contributed by atoms with Gasteiger partial charge in [-0.2, -0.15) is 0 Å². The van der Waals surface area contributed by atoms with Crippen molar-refractivity contribution in [2.75, 3.05) is 0 Å². The third-order valence-corrected chi connectivity index (χ3v) is 9.36. The highest BCUT2D eigenvalue weighted by Crippen LogP contribution is 2.38. The molecule has 1 aliphatic rings. The number of fused-ring (bicyclic) bond motifs is 3. The number of rotatable bonds is 6. The van der Waals surface area contributed by atoms with Gasteiger partial charge in [-0.1, -0.05) is 158 Å². The lowest BCUT2D eigenvalue weighted by molar-refractivity contribution is 0.658. The molecular weight excluding hydrogens is 597 g/mol. The molecular formula is C46H32N2O. The number of hydrogen-bond acceptors (Lipinski definition) is 3. The first-order valence-corrected chi connectivity index (χ1v) is 16.7. The van der Waals surface area contributed by atoms with E-state index in [-0.39, 0.29) is 6.17 Å². The zero-order valence-electron chi connectivity index (χ0n) is 26.8. The quantitative estimate of drug-likeness (QED) is 0.199. The lowest BCUT2D eigenvalue weighted by Gasteiger charge is -2.25. The minimum atomic E-state index is -0.283. The predicted molar refractivity (Wildman–Crippen MR) is 203 cm³/mol. The summed E-state index contributed by atoms with van der Waals surface area (Å²) in [7, 11) is 0. The summed E-state index contributed by atoms with van der Waals surface area (Å²) >= 11 is 0. The fourth-order valence-corrected chi connectivity index (χ4v) is 6.83. The van der Waals surface area contributed by atoms with Gasteiger partial charge in [0.05, 0.1) is 5.71 Å². The van der Waals surface area contributed by atoms with E-state index < -0.39 is 0 Å². The molecule has 0 fully saturated rings. The normalized spacial score (nSPS) is 14.3. The smallest absolute Gasteiger partial charge is 0.146 e. The van der Waals surface area contributed by atoms with Crippen LogP contribution >= 0.6 is 0 Å². The van der Waals surface area contributed by atoms with Gasteiger partial charge in [0.2, 0.25) is 0 Å². The molecule has 1 N–H and O–H groups in total. The number of benzene rings is 7. The number of hydrogen-bond donors (Lipinski definition) is 1. The van der Waals surface area contributed by atoms with Crippen molar-refractivity contribution in [1.29, 1.82) is 0 Å². The van der Waals surface area contributed by atoms with Gasteiger partial charge in [0.15, 0.2) is 0 Å². The molecule has 9 rings (SSSR count). The van der Waals surface area contributed by atoms with Gasteiger partial charge in [-0.3, -0.25) is 4.99 Å². The van der Waals surface area contributed by atoms with Crippen molar-refractivity contribution in [3.63, 3.8) is 0 Å². The molecule has 1 aromatic heterocycles. The van der Waals surface area contributed by atoms with Crippen molar-refractivity contribution in [2.45, 2.75) is 6.17 Å². The number of nitrogens with zero attached hydrogens (tertiary/aromatic N) is 1. The Hall–Kier alpha value is -6.45. The van der Waals surface area contributed by atoms with Crippen molar-refractivity contribution in [3.8, 4) is 33.4 Å². The standard InChI is InChI=1S/C46H32N2O/c1-4-11-31(12-5-1)32-19-21-33(22-20-32)34-23-25-35(26-24-34)38-27-28-39-44(29-38)49-43-18-10-17-40(45(39)43)46-47-41(36-13-6-2-7-14-36)30-42(48-46)37-15-8-3-9-16-37/h1-30,46-47H. The van der Waals surface area contributed by atoms with Crippen molar-refractivity contribution in [1.82, 2.24) is 5.32 Å². The second kappa shape index (κ2) is 12.3. The average Bonchev–Trinajstić information content (AvgIpc) is 3.57. The van der Waals surface area contributed by atoms with E-state index in [1.165, 1.54) is 22.3 Å². The second-order valence-electron chi connectivity index (χ2n) is 12.4. The summed E-state index contributed by atoms with van der Waals surface area (Å²) < 4.78 is 6.52. The van der Waals surface area contributed by atoms with Crippen molar-refractivity contribution in [3.05, 3.63) is 199 Å². The molecule has 2 heterocycles. The summed E-state index contributed by atoms with van der Waals surface area (Å²) in [6.07, 6.45) is 1.86. The van der Waals surface area contributed by atoms with E-state index in [0.29, 0.717) is 0 Å². The lowest BCUT2D eigenvalue weighted by Crippen LogP contribution is -2.25. The van der Waals surface area contributed by atoms with Crippen LogP contribution in [-0.4, -0.2) is 5.71 Å². The van der Waals surface area contributed by atoms with Crippen molar-refractivity contribution >= 4 is 33.3 Å². The van der Waals surface area contributed by atoms with Gasteiger partial charge in [-0.25, -0.2) is 0 Å². The van der Waals surface area contributed by atoms with Gasteiger partial charge in [-0.15, -0.1) is 0 Å². The molecule has 232 valence electrons. The van der Waals surface area contributed by atoms with Crippen LogP contribution in [0.15, 0.2) is 191 Å². The molecule has 1 unspecified atom stereocenters. The van der Waals surface area contributed by atoms with E-state index in [1.807, 2.05) is 18.2 Å². The van der Waals surface area contributed by atoms with Crippen LogP contribution in [-0.2, 0) is 0 Å². The molecule has 0 bridgehead atoms. The van der Waals surface area contributed by atoms with Crippen LogP contribution in [0.2, 0.25) is 0 Å². The van der Waals surface area contributed by atoms with Gasteiger partial charge >= 0.3 is 0 Å². The van der Waals surface area contributed by atoms with Crippen molar-refractivity contribution in [2.24, 2.45) is 4.99 Å². The summed E-state index contributed by atoms with van der Waals surface area (Å²) in [6, 6.07) is 61.7. The maximum absolute atomic E-state index is 6.52. The lowest BCUT2D eigenvalue weighted by atomic mass is 9.97. The predicted octanol–water partition coefficient (Wildman–Crippen LogP) is 11.7. The highest BCUT2D eigenvalue weighted by Gasteiger charge is 2.23. The minimum absolute atomic E-state index is 0.283. The summed E-state index contributed by atoms with van der Waals surface area (Å²) in [6.45, 7) is 0. The largest absolute Gasteiger partial charge is 0.456 e. The molecule has 0 radical (unpaired) electrons. The molecule has 7 aromatic carbocycles. The zero-order valence-corrected chi connectivity index (χ0v) is 26.8. The van der Waals surface area contributed by atoms with Gasteiger partial charge in [-0.05, 0) is 68.8 Å². The molecule has 0 spiro atoms. The van der Waals surface area contributed by atoms with E-state index >= 15 is 0 Å². The molecule has 0 aliphatic carbocycles. The van der Waals surface area contributed by atoms with Crippen LogP contribution in [0, 0.1) is 0 Å². The Kier molecular flexibility index (Phi) is 7.21. The summed E-state index contributed by atoms with van der Waals surface area (Å²) in [5.41, 5.74) is 14.1. The highest BCUT2D eigenvalue weighted by atomic mass is 16.3. The Labute approximate surface area is 285 Å². The van der Waals surface area contributed by atoms with Crippen LogP contribution in [0.25, 0.3) is 61.0 Å². The topological polar surface area (TPSA) is 37.5 Å². The van der Waals surface area contributed by atoms with E-state index in [9.17, 15) is 0 Å². The Bertz CT molecular complexity index is 2480. The fourth-order valence-electron chi connectivity index (χ4n) is 6.83. The third kappa shape index (κ3) is 5.52. The van der Waals surface area contributed by atoms with Crippen LogP contribution in [0.1, 0.15) is 22.9 Å². The average molecular weight is 629 g/mol. The molecule has 8 aromatic rings. The first-order chi connectivity index (χ1) is 24.3. The minimum Gasteiger partial charge on any atom is -0.456 e. The van der Waals surface area contributed by atoms with Gasteiger partial charge in [0.1, 0.15) is 17.3 Å². The van der Waals surface area contributed by atoms with Crippen LogP contribution < -0.4 is 5.32 Å². The molecule has 49 heavy (non-hydrogen) atoms.